The van der Waals surface area contributed by atoms with Gasteiger partial charge in [0.2, 0.25) is 0 Å². The standard InChI is InChI=1S/C18H19FN2O2/c1-12-10-15(19)8-9-16(12)21-18(23)17(22)20-11-13(2)14-6-4-3-5-7-14/h3-10,13H,11H2,1-2H3,(H,20,22)(H,21,23)/t13-/m1/s1. The van der Waals surface area contributed by atoms with E-state index in [-0.39, 0.29) is 11.7 Å². The van der Waals surface area contributed by atoms with Crippen molar-refractivity contribution >= 4 is 17.5 Å². The highest BCUT2D eigenvalue weighted by Crippen LogP contribution is 2.16. The second-order valence-electron chi connectivity index (χ2n) is 5.44. The number of amides is 2. The van der Waals surface area contributed by atoms with Gasteiger partial charge in [0.15, 0.2) is 0 Å². The van der Waals surface area contributed by atoms with E-state index in [1.165, 1.54) is 18.2 Å². The average molecular weight is 314 g/mol. The molecule has 2 amide bonds. The molecule has 0 saturated carbocycles. The van der Waals surface area contributed by atoms with Crippen molar-refractivity contribution in [2.24, 2.45) is 0 Å². The Labute approximate surface area is 134 Å². The van der Waals surface area contributed by atoms with Crippen LogP contribution in [0.25, 0.3) is 0 Å². The lowest BCUT2D eigenvalue weighted by molar-refractivity contribution is -0.136. The van der Waals surface area contributed by atoms with E-state index < -0.39 is 11.8 Å². The predicted octanol–water partition coefficient (Wildman–Crippen LogP) is 2.99. The maximum Gasteiger partial charge on any atom is 0.313 e. The summed E-state index contributed by atoms with van der Waals surface area (Å²) in [6.45, 7) is 3.99. The van der Waals surface area contributed by atoms with Gasteiger partial charge in [-0.05, 0) is 42.2 Å². The predicted molar refractivity (Wildman–Crippen MR) is 87.6 cm³/mol. The van der Waals surface area contributed by atoms with Crippen LogP contribution >= 0.6 is 0 Å². The molecule has 0 saturated heterocycles. The smallest absolute Gasteiger partial charge is 0.313 e. The number of carbonyl (C=O) groups is 2. The molecule has 1 atom stereocenters. The van der Waals surface area contributed by atoms with Gasteiger partial charge in [0.05, 0.1) is 0 Å². The first kappa shape index (κ1) is 16.7. The summed E-state index contributed by atoms with van der Waals surface area (Å²) in [5.41, 5.74) is 2.06. The van der Waals surface area contributed by atoms with Crippen LogP contribution in [0.3, 0.4) is 0 Å². The Hall–Kier alpha value is -2.69. The number of carbonyl (C=O) groups excluding carboxylic acids is 2. The molecule has 0 aliphatic heterocycles. The van der Waals surface area contributed by atoms with E-state index in [4.69, 9.17) is 0 Å². The Morgan fingerprint density at radius 3 is 2.43 bits per heavy atom. The van der Waals surface area contributed by atoms with Crippen molar-refractivity contribution in [1.82, 2.24) is 5.32 Å². The first-order chi connectivity index (χ1) is 11.0. The summed E-state index contributed by atoms with van der Waals surface area (Å²) < 4.78 is 13.0. The van der Waals surface area contributed by atoms with Gasteiger partial charge in [0.1, 0.15) is 5.82 Å². The normalized spacial score (nSPS) is 11.6. The molecule has 2 rings (SSSR count). The van der Waals surface area contributed by atoms with Crippen molar-refractivity contribution in [1.29, 1.82) is 0 Å². The second-order valence-corrected chi connectivity index (χ2v) is 5.44. The number of rotatable bonds is 4. The number of hydrogen-bond donors (Lipinski definition) is 2. The third-order valence-corrected chi connectivity index (χ3v) is 3.58. The molecule has 0 aliphatic rings. The molecular formula is C18H19FN2O2. The zero-order chi connectivity index (χ0) is 16.8. The lowest BCUT2D eigenvalue weighted by Gasteiger charge is -2.13. The summed E-state index contributed by atoms with van der Waals surface area (Å²) in [7, 11) is 0. The van der Waals surface area contributed by atoms with Crippen molar-refractivity contribution in [2.45, 2.75) is 19.8 Å². The highest BCUT2D eigenvalue weighted by Gasteiger charge is 2.16. The van der Waals surface area contributed by atoms with Crippen LogP contribution in [0, 0.1) is 12.7 Å². The number of halogens is 1. The number of aryl methyl sites for hydroxylation is 1. The van der Waals surface area contributed by atoms with Crippen LogP contribution in [0.1, 0.15) is 24.0 Å². The minimum atomic E-state index is -0.764. The molecule has 4 nitrogen and oxygen atoms in total. The lowest BCUT2D eigenvalue weighted by atomic mass is 10.0. The largest absolute Gasteiger partial charge is 0.347 e. The van der Waals surface area contributed by atoms with Gasteiger partial charge in [0.25, 0.3) is 0 Å². The highest BCUT2D eigenvalue weighted by atomic mass is 19.1. The topological polar surface area (TPSA) is 58.2 Å². The number of benzene rings is 2. The highest BCUT2D eigenvalue weighted by molar-refractivity contribution is 6.39. The molecule has 0 fully saturated rings. The van der Waals surface area contributed by atoms with Gasteiger partial charge in [-0.3, -0.25) is 9.59 Å². The first-order valence-electron chi connectivity index (χ1n) is 7.37. The van der Waals surface area contributed by atoms with Crippen LogP contribution in [0.5, 0.6) is 0 Å². The first-order valence-corrected chi connectivity index (χ1v) is 7.37. The van der Waals surface area contributed by atoms with Crippen LogP contribution in [0.4, 0.5) is 10.1 Å². The van der Waals surface area contributed by atoms with Crippen LogP contribution in [-0.2, 0) is 9.59 Å². The molecule has 0 bridgehead atoms. The summed E-state index contributed by atoms with van der Waals surface area (Å²) >= 11 is 0. The van der Waals surface area contributed by atoms with Gasteiger partial charge < -0.3 is 10.6 Å². The van der Waals surface area contributed by atoms with Crippen LogP contribution in [0.2, 0.25) is 0 Å². The van der Waals surface area contributed by atoms with E-state index in [9.17, 15) is 14.0 Å². The minimum Gasteiger partial charge on any atom is -0.347 e. The van der Waals surface area contributed by atoms with Crippen molar-refractivity contribution in [3.63, 3.8) is 0 Å². The van der Waals surface area contributed by atoms with Gasteiger partial charge in [-0.25, -0.2) is 4.39 Å². The summed E-state index contributed by atoms with van der Waals surface area (Å²) in [5, 5.41) is 5.09. The molecule has 0 aliphatic carbocycles. The van der Waals surface area contributed by atoms with E-state index in [0.717, 1.165) is 5.56 Å². The fourth-order valence-electron chi connectivity index (χ4n) is 2.17. The molecule has 0 spiro atoms. The maximum atomic E-state index is 13.0. The summed E-state index contributed by atoms with van der Waals surface area (Å²) in [4.78, 5) is 23.7. The monoisotopic (exact) mass is 314 g/mol. The van der Waals surface area contributed by atoms with Gasteiger partial charge >= 0.3 is 11.8 Å². The average Bonchev–Trinajstić information content (AvgIpc) is 2.55. The van der Waals surface area contributed by atoms with Crippen LogP contribution in [0.15, 0.2) is 48.5 Å². The molecule has 0 radical (unpaired) electrons. The molecule has 120 valence electrons. The zero-order valence-electron chi connectivity index (χ0n) is 13.1. The van der Waals surface area contributed by atoms with Crippen LogP contribution < -0.4 is 10.6 Å². The molecule has 2 aromatic carbocycles. The second kappa shape index (κ2) is 7.54. The van der Waals surface area contributed by atoms with Crippen molar-refractivity contribution in [3.8, 4) is 0 Å². The summed E-state index contributed by atoms with van der Waals surface area (Å²) in [5.74, 6) is -1.77. The van der Waals surface area contributed by atoms with Crippen LogP contribution in [-0.4, -0.2) is 18.4 Å². The SMILES string of the molecule is Cc1cc(F)ccc1NC(=O)C(=O)NC[C@@H](C)c1ccccc1. The van der Waals surface area contributed by atoms with E-state index >= 15 is 0 Å². The third-order valence-electron chi connectivity index (χ3n) is 3.58. The molecule has 0 unspecified atom stereocenters. The van der Waals surface area contributed by atoms with Crippen molar-refractivity contribution in [3.05, 3.63) is 65.5 Å². The minimum absolute atomic E-state index is 0.0977. The van der Waals surface area contributed by atoms with Gasteiger partial charge in [0, 0.05) is 12.2 Å². The Kier molecular flexibility index (Phi) is 5.46. The number of nitrogens with one attached hydrogen (secondary N) is 2. The number of hydrogen-bond acceptors (Lipinski definition) is 2. The number of anilines is 1. The Morgan fingerprint density at radius 1 is 1.09 bits per heavy atom. The van der Waals surface area contributed by atoms with Gasteiger partial charge in [-0.2, -0.15) is 0 Å². The van der Waals surface area contributed by atoms with Crippen molar-refractivity contribution < 1.29 is 14.0 Å². The molecule has 0 heterocycles. The Morgan fingerprint density at radius 2 is 1.78 bits per heavy atom. The van der Waals surface area contributed by atoms with Gasteiger partial charge in [-0.15, -0.1) is 0 Å². The molecule has 5 heteroatoms. The molecule has 2 N–H and O–H groups in total. The molecule has 0 aromatic heterocycles. The van der Waals surface area contributed by atoms with E-state index in [0.29, 0.717) is 17.8 Å². The summed E-state index contributed by atoms with van der Waals surface area (Å²) in [6.07, 6.45) is 0. The lowest BCUT2D eigenvalue weighted by Crippen LogP contribution is -2.37. The Bertz CT molecular complexity index is 701. The quantitative estimate of drug-likeness (QED) is 0.852. The van der Waals surface area contributed by atoms with E-state index in [1.807, 2.05) is 37.3 Å². The van der Waals surface area contributed by atoms with Gasteiger partial charge in [-0.1, -0.05) is 37.3 Å². The van der Waals surface area contributed by atoms with Crippen molar-refractivity contribution in [2.75, 3.05) is 11.9 Å². The molecule has 23 heavy (non-hydrogen) atoms. The molecule has 2 aromatic rings. The third kappa shape index (κ3) is 4.64. The van der Waals surface area contributed by atoms with E-state index in [1.54, 1.807) is 6.92 Å². The fourth-order valence-corrected chi connectivity index (χ4v) is 2.17. The summed E-state index contributed by atoms with van der Waals surface area (Å²) in [6, 6.07) is 13.7. The Balaban J connectivity index is 1.89. The van der Waals surface area contributed by atoms with E-state index in [2.05, 4.69) is 10.6 Å². The zero-order valence-corrected chi connectivity index (χ0v) is 13.1. The fraction of sp³-hybridized carbons (Fsp3) is 0.222. The maximum absolute atomic E-state index is 13.0. The molecular weight excluding hydrogens is 295 g/mol.